The summed E-state index contributed by atoms with van der Waals surface area (Å²) in [6.07, 6.45) is 5.23. The third-order valence-corrected chi connectivity index (χ3v) is 3.92. The van der Waals surface area contributed by atoms with Gasteiger partial charge in [-0.2, -0.15) is 0 Å². The number of ether oxygens (including phenoxy) is 1. The molecule has 120 valence electrons. The second-order valence-electron chi connectivity index (χ2n) is 5.49. The molecule has 0 radical (unpaired) electrons. The first-order valence-corrected chi connectivity index (χ1v) is 7.63. The molecule has 2 amide bonds. The molecule has 1 saturated carbocycles. The molecule has 0 bridgehead atoms. The van der Waals surface area contributed by atoms with E-state index in [0.717, 1.165) is 25.7 Å². The van der Waals surface area contributed by atoms with Gasteiger partial charge in [-0.25, -0.2) is 0 Å². The Kier molecular flexibility index (Phi) is 5.77. The Balaban J connectivity index is 2.14. The Morgan fingerprint density at radius 2 is 1.91 bits per heavy atom. The summed E-state index contributed by atoms with van der Waals surface area (Å²) in [4.78, 5) is 23.9. The van der Waals surface area contributed by atoms with Gasteiger partial charge in [-0.15, -0.1) is 0 Å². The van der Waals surface area contributed by atoms with Crippen LogP contribution in [-0.2, 0) is 9.59 Å². The zero-order valence-corrected chi connectivity index (χ0v) is 12.9. The highest BCUT2D eigenvalue weighted by Crippen LogP contribution is 2.29. The summed E-state index contributed by atoms with van der Waals surface area (Å²) in [5, 5.41) is 5.60. The number of carbonyl (C=O) groups is 2. The number of nitrogens with one attached hydrogen (secondary N) is 2. The Labute approximate surface area is 130 Å². The summed E-state index contributed by atoms with van der Waals surface area (Å²) >= 11 is 0. The van der Waals surface area contributed by atoms with Crippen molar-refractivity contribution in [2.24, 2.45) is 11.7 Å². The van der Waals surface area contributed by atoms with Gasteiger partial charge in [-0.3, -0.25) is 9.59 Å². The SMILES string of the molecule is COc1ccc(NC(=O)C2CCCCC2)c(NC(=O)CN)c1. The van der Waals surface area contributed by atoms with Gasteiger partial charge in [0.05, 0.1) is 25.0 Å². The minimum absolute atomic E-state index is 0.00751. The molecule has 1 aliphatic carbocycles. The minimum atomic E-state index is -0.318. The smallest absolute Gasteiger partial charge is 0.238 e. The number of hydrogen-bond donors (Lipinski definition) is 3. The van der Waals surface area contributed by atoms with Crippen molar-refractivity contribution in [3.8, 4) is 5.75 Å². The molecule has 6 heteroatoms. The Bertz CT molecular complexity index is 539. The Morgan fingerprint density at radius 1 is 1.18 bits per heavy atom. The molecule has 0 saturated heterocycles. The average Bonchev–Trinajstić information content (AvgIpc) is 2.56. The quantitative estimate of drug-likeness (QED) is 0.776. The van der Waals surface area contributed by atoms with Gasteiger partial charge < -0.3 is 21.1 Å². The second kappa shape index (κ2) is 7.79. The van der Waals surface area contributed by atoms with E-state index in [4.69, 9.17) is 10.5 Å². The van der Waals surface area contributed by atoms with Crippen molar-refractivity contribution in [2.45, 2.75) is 32.1 Å². The van der Waals surface area contributed by atoms with Gasteiger partial charge in [0.15, 0.2) is 0 Å². The highest BCUT2D eigenvalue weighted by atomic mass is 16.5. The van der Waals surface area contributed by atoms with E-state index < -0.39 is 0 Å². The van der Waals surface area contributed by atoms with Gasteiger partial charge in [0, 0.05) is 12.0 Å². The van der Waals surface area contributed by atoms with Gasteiger partial charge in [0.25, 0.3) is 0 Å². The number of nitrogens with two attached hydrogens (primary N) is 1. The molecule has 4 N–H and O–H groups in total. The maximum absolute atomic E-state index is 12.3. The van der Waals surface area contributed by atoms with Crippen LogP contribution >= 0.6 is 0 Å². The lowest BCUT2D eigenvalue weighted by Crippen LogP contribution is -2.26. The predicted molar refractivity (Wildman–Crippen MR) is 85.9 cm³/mol. The van der Waals surface area contributed by atoms with E-state index in [1.54, 1.807) is 25.3 Å². The molecule has 1 aliphatic rings. The highest BCUT2D eigenvalue weighted by molar-refractivity contribution is 6.01. The van der Waals surface area contributed by atoms with Crippen LogP contribution in [0.4, 0.5) is 11.4 Å². The zero-order valence-electron chi connectivity index (χ0n) is 12.9. The monoisotopic (exact) mass is 305 g/mol. The van der Waals surface area contributed by atoms with Crippen LogP contribution in [0.15, 0.2) is 18.2 Å². The molecule has 22 heavy (non-hydrogen) atoms. The third kappa shape index (κ3) is 4.21. The van der Waals surface area contributed by atoms with Crippen LogP contribution in [-0.4, -0.2) is 25.5 Å². The first-order valence-electron chi connectivity index (χ1n) is 7.63. The lowest BCUT2D eigenvalue weighted by molar-refractivity contribution is -0.120. The number of methoxy groups -OCH3 is 1. The molecule has 0 aliphatic heterocycles. The summed E-state index contributed by atoms with van der Waals surface area (Å²) in [6.45, 7) is -0.118. The van der Waals surface area contributed by atoms with Crippen molar-refractivity contribution in [2.75, 3.05) is 24.3 Å². The zero-order chi connectivity index (χ0) is 15.9. The maximum atomic E-state index is 12.3. The standard InChI is InChI=1S/C16H23N3O3/c1-22-12-7-8-13(14(9-12)18-15(20)10-17)19-16(21)11-5-3-2-4-6-11/h7-9,11H,2-6,10,17H2,1H3,(H,18,20)(H,19,21). The fourth-order valence-electron chi connectivity index (χ4n) is 2.66. The van der Waals surface area contributed by atoms with Crippen LogP contribution in [0.1, 0.15) is 32.1 Å². The first kappa shape index (κ1) is 16.3. The van der Waals surface area contributed by atoms with Crippen molar-refractivity contribution in [1.29, 1.82) is 0 Å². The van der Waals surface area contributed by atoms with Gasteiger partial charge in [0.2, 0.25) is 11.8 Å². The number of carbonyl (C=O) groups excluding carboxylic acids is 2. The summed E-state index contributed by atoms with van der Waals surface area (Å²) in [7, 11) is 1.55. The molecule has 1 fully saturated rings. The van der Waals surface area contributed by atoms with Crippen LogP contribution in [0.25, 0.3) is 0 Å². The molecule has 0 aromatic heterocycles. The highest BCUT2D eigenvalue weighted by Gasteiger charge is 2.22. The lowest BCUT2D eigenvalue weighted by Gasteiger charge is -2.21. The largest absolute Gasteiger partial charge is 0.497 e. The molecule has 6 nitrogen and oxygen atoms in total. The van der Waals surface area contributed by atoms with Crippen LogP contribution in [0.5, 0.6) is 5.75 Å². The molecular formula is C16H23N3O3. The van der Waals surface area contributed by atoms with Gasteiger partial charge in [0.1, 0.15) is 5.75 Å². The second-order valence-corrected chi connectivity index (χ2v) is 5.49. The van der Waals surface area contributed by atoms with Crippen molar-refractivity contribution < 1.29 is 14.3 Å². The molecule has 1 aromatic carbocycles. The number of anilines is 2. The molecule has 0 unspecified atom stereocenters. The van der Waals surface area contributed by atoms with Crippen molar-refractivity contribution in [1.82, 2.24) is 0 Å². The maximum Gasteiger partial charge on any atom is 0.238 e. The summed E-state index contributed by atoms with van der Waals surface area (Å²) < 4.78 is 5.15. The number of amides is 2. The third-order valence-electron chi connectivity index (χ3n) is 3.92. The van der Waals surface area contributed by atoms with Crippen molar-refractivity contribution >= 4 is 23.2 Å². The van der Waals surface area contributed by atoms with Crippen molar-refractivity contribution in [3.05, 3.63) is 18.2 Å². The summed E-state index contributed by atoms with van der Waals surface area (Å²) in [5.74, 6) is 0.339. The van der Waals surface area contributed by atoms with E-state index in [-0.39, 0.29) is 24.3 Å². The van der Waals surface area contributed by atoms with Gasteiger partial charge in [-0.1, -0.05) is 19.3 Å². The van der Waals surface area contributed by atoms with E-state index in [1.165, 1.54) is 6.42 Å². The van der Waals surface area contributed by atoms with Gasteiger partial charge >= 0.3 is 0 Å². The number of hydrogen-bond acceptors (Lipinski definition) is 4. The van der Waals surface area contributed by atoms with E-state index in [2.05, 4.69) is 10.6 Å². The molecule has 2 rings (SSSR count). The molecule has 0 atom stereocenters. The van der Waals surface area contributed by atoms with Crippen LogP contribution in [0.3, 0.4) is 0 Å². The Morgan fingerprint density at radius 3 is 2.55 bits per heavy atom. The fraction of sp³-hybridized carbons (Fsp3) is 0.500. The summed E-state index contributed by atoms with van der Waals surface area (Å²) in [5.41, 5.74) is 6.39. The van der Waals surface area contributed by atoms with E-state index in [1.807, 2.05) is 0 Å². The predicted octanol–water partition coefficient (Wildman–Crippen LogP) is 2.11. The number of rotatable bonds is 5. The topological polar surface area (TPSA) is 93.5 Å². The normalized spacial score (nSPS) is 15.2. The van der Waals surface area contributed by atoms with E-state index >= 15 is 0 Å². The first-order chi connectivity index (χ1) is 10.6. The summed E-state index contributed by atoms with van der Waals surface area (Å²) in [6, 6.07) is 5.14. The molecular weight excluding hydrogens is 282 g/mol. The molecule has 0 spiro atoms. The van der Waals surface area contributed by atoms with Gasteiger partial charge in [-0.05, 0) is 25.0 Å². The van der Waals surface area contributed by atoms with E-state index in [9.17, 15) is 9.59 Å². The van der Waals surface area contributed by atoms with Crippen LogP contribution in [0.2, 0.25) is 0 Å². The van der Waals surface area contributed by atoms with Crippen LogP contribution in [0, 0.1) is 5.92 Å². The van der Waals surface area contributed by atoms with Crippen molar-refractivity contribution in [3.63, 3.8) is 0 Å². The van der Waals surface area contributed by atoms with E-state index in [0.29, 0.717) is 17.1 Å². The average molecular weight is 305 g/mol. The minimum Gasteiger partial charge on any atom is -0.497 e. The molecule has 0 heterocycles. The Hall–Kier alpha value is -2.08. The lowest BCUT2D eigenvalue weighted by atomic mass is 9.88. The molecule has 1 aromatic rings. The number of benzene rings is 1. The van der Waals surface area contributed by atoms with Crippen LogP contribution < -0.4 is 21.1 Å². The fourth-order valence-corrected chi connectivity index (χ4v) is 2.66.